The highest BCUT2D eigenvalue weighted by atomic mass is 16.5. The van der Waals surface area contributed by atoms with Crippen LogP contribution in [0.1, 0.15) is 137 Å². The second-order valence-electron chi connectivity index (χ2n) is 20.1. The summed E-state index contributed by atoms with van der Waals surface area (Å²) < 4.78 is 10.7. The van der Waals surface area contributed by atoms with Crippen LogP contribution < -0.4 is 54.6 Å². The lowest BCUT2D eigenvalue weighted by molar-refractivity contribution is -0.126. The SMILES string of the molecule is CC(C)C(=O)c1ccc(C(=O)N2CCCNC(=O)c3ccc(c(=O)n3O)C(=O)N[C@@H]3COC[C@@H]3NC(=O)c3ccc(n(O)c3=O)C(=O)NCCCN(C(=O)c3ccc(C(=O)C(C)C)n(O)c3=O)C(C(=O)NCCOCCN)CCC2)c(=O)n1O. The van der Waals surface area contributed by atoms with E-state index in [1.807, 2.05) is 0 Å². The summed E-state index contributed by atoms with van der Waals surface area (Å²) in [6.07, 6.45) is -0.916. The number of pyridine rings is 4. The zero-order valence-corrected chi connectivity index (χ0v) is 46.3. The molecule has 4 aromatic heterocycles. The lowest BCUT2D eigenvalue weighted by atomic mass is 10.0. The Morgan fingerprint density at radius 1 is 0.595 bits per heavy atom. The summed E-state index contributed by atoms with van der Waals surface area (Å²) >= 11 is 0. The molecule has 31 nitrogen and oxygen atoms in total. The van der Waals surface area contributed by atoms with Gasteiger partial charge in [-0.05, 0) is 74.2 Å². The molecule has 8 rings (SSSR count). The molecular formula is C53H66N12O19. The number of hydrogen-bond donors (Lipinski definition) is 10. The third-order valence-corrected chi connectivity index (χ3v) is 13.6. The van der Waals surface area contributed by atoms with Gasteiger partial charge >= 0.3 is 0 Å². The molecule has 1 fully saturated rings. The number of Topliss-reactive ketones (excluding diaryl/α,β-unsaturated/α-hetero) is 2. The molecule has 1 saturated heterocycles. The third kappa shape index (κ3) is 14.6. The molecule has 0 radical (unpaired) electrons. The van der Waals surface area contributed by atoms with Crippen LogP contribution in [0.15, 0.2) is 67.7 Å². The quantitative estimate of drug-likeness (QED) is 0.0404. The number of carbonyl (C=O) groups is 9. The van der Waals surface area contributed by atoms with Gasteiger partial charge < -0.3 is 72.4 Å². The van der Waals surface area contributed by atoms with Gasteiger partial charge in [-0.2, -0.15) is 0 Å². The van der Waals surface area contributed by atoms with Gasteiger partial charge in [-0.15, -0.1) is 18.9 Å². The maximum atomic E-state index is 14.8. The van der Waals surface area contributed by atoms with E-state index in [9.17, 15) is 83.2 Å². The molecule has 4 aromatic rings. The van der Waals surface area contributed by atoms with E-state index in [4.69, 9.17) is 15.2 Å². The number of aromatic nitrogens is 4. The summed E-state index contributed by atoms with van der Waals surface area (Å²) in [6, 6.07) is 4.25. The normalized spacial score (nSPS) is 17.9. The van der Waals surface area contributed by atoms with Crippen LogP contribution in [-0.4, -0.2) is 193 Å². The molecule has 452 valence electrons. The van der Waals surface area contributed by atoms with E-state index in [2.05, 4.69) is 26.6 Å². The maximum absolute atomic E-state index is 14.8. The van der Waals surface area contributed by atoms with Gasteiger partial charge in [0.1, 0.15) is 51.1 Å². The number of fused-ring (bicyclic) bond motifs is 2. The van der Waals surface area contributed by atoms with Crippen molar-refractivity contribution in [1.29, 1.82) is 0 Å². The van der Waals surface area contributed by atoms with Crippen molar-refractivity contribution < 1.29 is 73.5 Å². The zero-order chi connectivity index (χ0) is 61.7. The first kappa shape index (κ1) is 63.7. The van der Waals surface area contributed by atoms with E-state index in [0.29, 0.717) is 0 Å². The van der Waals surface area contributed by atoms with Crippen LogP contribution >= 0.6 is 0 Å². The number of nitrogens with two attached hydrogens (primary N) is 1. The molecule has 4 aliphatic heterocycles. The molecule has 11 N–H and O–H groups in total. The van der Waals surface area contributed by atoms with Crippen LogP contribution in [0.4, 0.5) is 0 Å². The Kier molecular flexibility index (Phi) is 21.6. The van der Waals surface area contributed by atoms with Crippen molar-refractivity contribution in [2.24, 2.45) is 17.6 Å². The summed E-state index contributed by atoms with van der Waals surface area (Å²) in [6.45, 7) is 3.93. The van der Waals surface area contributed by atoms with Crippen LogP contribution in [0.2, 0.25) is 0 Å². The highest BCUT2D eigenvalue weighted by Gasteiger charge is 2.36. The van der Waals surface area contributed by atoms with Crippen molar-refractivity contribution in [2.75, 3.05) is 72.2 Å². The summed E-state index contributed by atoms with van der Waals surface area (Å²) in [7, 11) is 0. The van der Waals surface area contributed by atoms with E-state index >= 15 is 0 Å². The minimum Gasteiger partial charge on any atom is -0.425 e. The lowest BCUT2D eigenvalue weighted by Crippen LogP contribution is -2.52. The van der Waals surface area contributed by atoms with Gasteiger partial charge in [0.15, 0.2) is 11.6 Å². The minimum absolute atomic E-state index is 0.00616. The zero-order valence-electron chi connectivity index (χ0n) is 46.3. The number of rotatable bonds is 12. The van der Waals surface area contributed by atoms with E-state index in [-0.39, 0.29) is 110 Å². The lowest BCUT2D eigenvalue weighted by Gasteiger charge is -2.32. The van der Waals surface area contributed by atoms with Crippen molar-refractivity contribution in [1.82, 2.24) is 55.3 Å². The van der Waals surface area contributed by atoms with Gasteiger partial charge in [0.2, 0.25) is 5.91 Å². The fraction of sp³-hybridized carbons (Fsp3) is 0.453. The van der Waals surface area contributed by atoms with Gasteiger partial charge in [-0.1, -0.05) is 27.7 Å². The molecular weight excluding hydrogens is 1110 g/mol. The average Bonchev–Trinajstić information content (AvgIpc) is 3.12. The number of carbonyl (C=O) groups excluding carboxylic acids is 9. The predicted octanol–water partition coefficient (Wildman–Crippen LogP) is -2.33. The average molecular weight is 1180 g/mol. The number of nitrogens with one attached hydrogen (secondary N) is 5. The Bertz CT molecular complexity index is 3460. The molecule has 1 unspecified atom stereocenters. The molecule has 0 saturated carbocycles. The molecule has 4 bridgehead atoms. The van der Waals surface area contributed by atoms with Gasteiger partial charge in [0.05, 0.1) is 38.5 Å². The fourth-order valence-electron chi connectivity index (χ4n) is 9.02. The molecule has 4 aliphatic rings. The number of nitrogens with zero attached hydrogens (tertiary/aromatic N) is 6. The van der Waals surface area contributed by atoms with E-state index in [1.165, 1.54) is 27.7 Å². The monoisotopic (exact) mass is 1170 g/mol. The Morgan fingerprint density at radius 3 is 1.54 bits per heavy atom. The highest BCUT2D eigenvalue weighted by Crippen LogP contribution is 2.18. The predicted molar refractivity (Wildman–Crippen MR) is 290 cm³/mol. The second-order valence-corrected chi connectivity index (χ2v) is 20.1. The van der Waals surface area contributed by atoms with Gasteiger partial charge in [-0.3, -0.25) is 62.3 Å². The Morgan fingerprint density at radius 2 is 1.06 bits per heavy atom. The smallest absolute Gasteiger partial charge is 0.296 e. The van der Waals surface area contributed by atoms with Crippen molar-refractivity contribution in [3.63, 3.8) is 0 Å². The van der Waals surface area contributed by atoms with E-state index in [1.54, 1.807) is 0 Å². The number of ketones is 2. The van der Waals surface area contributed by atoms with Crippen molar-refractivity contribution >= 4 is 52.9 Å². The second kappa shape index (κ2) is 28.5. The Balaban J connectivity index is 1.41. The van der Waals surface area contributed by atoms with E-state index < -0.39 is 157 Å². The van der Waals surface area contributed by atoms with Gasteiger partial charge in [0, 0.05) is 57.6 Å². The number of hydrogen-bond acceptors (Lipinski definition) is 20. The van der Waals surface area contributed by atoms with Crippen molar-refractivity contribution in [3.8, 4) is 0 Å². The standard InChI is InChI=1S/C53H66N12O19/c1-28(2)41(66)36-13-11-32(52(77)62(36)79)48(73)60-21-5-8-38(45(70)57-20-25-83-24-17-54)61(49(74)33-12-14-37(42(67)29(3)4)63(80)53(33)78)23-7-19-56-47(72)40-16-10-31(51(76)65(40)82)44(69)59-35-27-84-26-34(35)58-43(68)30-9-15-39(64(81)50(30)75)46(71)55-18-6-22-60/h9-16,28-29,34-35,38,79-82H,5-8,17-27,54H2,1-4H3,(H,55,71)(H,56,72)(H,57,70)(H,58,68)(H,59,69)/t34-,35+,38?/m1/s1. The van der Waals surface area contributed by atoms with Gasteiger partial charge in [-0.25, -0.2) is 0 Å². The molecule has 31 heteroatoms. The Labute approximate surface area is 476 Å². The van der Waals surface area contributed by atoms with Crippen LogP contribution in [0.5, 0.6) is 0 Å². The number of ether oxygens (including phenoxy) is 2. The molecule has 8 heterocycles. The molecule has 0 spiro atoms. The largest absolute Gasteiger partial charge is 0.425 e. The fourth-order valence-corrected chi connectivity index (χ4v) is 9.02. The van der Waals surface area contributed by atoms with Crippen molar-refractivity contribution in [2.45, 2.75) is 71.5 Å². The summed E-state index contributed by atoms with van der Waals surface area (Å²) in [5.41, 5.74) is -4.60. The highest BCUT2D eigenvalue weighted by molar-refractivity contribution is 6.01. The van der Waals surface area contributed by atoms with Crippen LogP contribution in [0.3, 0.4) is 0 Å². The van der Waals surface area contributed by atoms with E-state index in [0.717, 1.165) is 58.3 Å². The molecule has 7 amide bonds. The summed E-state index contributed by atoms with van der Waals surface area (Å²) in [5.74, 6) is -9.90. The van der Waals surface area contributed by atoms with Gasteiger partial charge in [0.25, 0.3) is 57.7 Å². The van der Waals surface area contributed by atoms with Crippen LogP contribution in [0, 0.1) is 11.8 Å². The summed E-state index contributed by atoms with van der Waals surface area (Å²) in [5, 5.41) is 56.0. The van der Waals surface area contributed by atoms with Crippen LogP contribution in [-0.2, 0) is 14.3 Å². The summed E-state index contributed by atoms with van der Waals surface area (Å²) in [4.78, 5) is 179. The molecule has 84 heavy (non-hydrogen) atoms. The van der Waals surface area contributed by atoms with Crippen LogP contribution in [0.25, 0.3) is 0 Å². The first-order valence-corrected chi connectivity index (χ1v) is 26.7. The number of amides is 7. The maximum Gasteiger partial charge on any atom is 0.296 e. The molecule has 0 aliphatic carbocycles. The topological polar surface area (TPSA) is 434 Å². The van der Waals surface area contributed by atoms with Crippen molar-refractivity contribution in [3.05, 3.63) is 135 Å². The molecule has 3 atom stereocenters. The first-order valence-electron chi connectivity index (χ1n) is 26.7. The Hall–Kier alpha value is -9.49. The first-order chi connectivity index (χ1) is 39.9. The molecule has 0 aromatic carbocycles. The third-order valence-electron chi connectivity index (χ3n) is 13.6. The minimum atomic E-state index is -1.58.